The minimum absolute atomic E-state index is 0.156. The third-order valence-electron chi connectivity index (χ3n) is 1.95. The maximum absolute atomic E-state index is 11.3. The summed E-state index contributed by atoms with van der Waals surface area (Å²) in [7, 11) is 0. The zero-order valence-electron chi connectivity index (χ0n) is 9.01. The van der Waals surface area contributed by atoms with Gasteiger partial charge in [-0.15, -0.1) is 11.6 Å². The van der Waals surface area contributed by atoms with Gasteiger partial charge in [0.1, 0.15) is 0 Å². The van der Waals surface area contributed by atoms with E-state index in [1.165, 1.54) is 0 Å². The fourth-order valence-corrected chi connectivity index (χ4v) is 1.87. The lowest BCUT2D eigenvalue weighted by Gasteiger charge is -2.12. The summed E-state index contributed by atoms with van der Waals surface area (Å²) in [5, 5.41) is 2.98. The van der Waals surface area contributed by atoms with E-state index in [-0.39, 0.29) is 5.91 Å². The Balaban J connectivity index is 3.40. The van der Waals surface area contributed by atoms with Crippen LogP contribution in [0, 0.1) is 0 Å². The Morgan fingerprint density at radius 1 is 1.50 bits per heavy atom. The van der Waals surface area contributed by atoms with Crippen LogP contribution >= 0.6 is 23.4 Å². The number of nitrogens with one attached hydrogen (secondary N) is 1. The number of hydrogen-bond donors (Lipinski definition) is 1. The van der Waals surface area contributed by atoms with Crippen LogP contribution in [0.4, 0.5) is 0 Å². The van der Waals surface area contributed by atoms with Crippen molar-refractivity contribution in [3.05, 3.63) is 0 Å². The van der Waals surface area contributed by atoms with Gasteiger partial charge in [0.2, 0.25) is 5.91 Å². The minimum atomic E-state index is 0.156. The molecule has 0 radical (unpaired) electrons. The number of halogens is 1. The number of amides is 1. The Morgan fingerprint density at radius 2 is 2.21 bits per heavy atom. The molecule has 1 unspecified atom stereocenters. The van der Waals surface area contributed by atoms with Crippen molar-refractivity contribution < 1.29 is 4.79 Å². The fraction of sp³-hybridized carbons (Fsp3) is 0.900. The van der Waals surface area contributed by atoms with Crippen molar-refractivity contribution in [2.45, 2.75) is 38.6 Å². The Hall–Kier alpha value is 0.110. The van der Waals surface area contributed by atoms with Crippen molar-refractivity contribution in [1.82, 2.24) is 5.32 Å². The number of carbonyl (C=O) groups excluding carboxylic acids is 1. The Morgan fingerprint density at radius 3 is 2.79 bits per heavy atom. The maximum atomic E-state index is 11.3. The molecule has 1 amide bonds. The Labute approximate surface area is 96.2 Å². The molecule has 0 aromatic rings. The van der Waals surface area contributed by atoms with Gasteiger partial charge >= 0.3 is 0 Å². The molecule has 0 aromatic carbocycles. The predicted molar refractivity (Wildman–Crippen MR) is 65.2 cm³/mol. The fourth-order valence-electron chi connectivity index (χ4n) is 1.09. The third-order valence-corrected chi connectivity index (χ3v) is 2.86. The number of alkyl halides is 1. The second-order valence-electron chi connectivity index (χ2n) is 3.40. The molecule has 0 heterocycles. The first-order chi connectivity index (χ1) is 6.70. The molecule has 1 N–H and O–H groups in total. The maximum Gasteiger partial charge on any atom is 0.220 e. The lowest BCUT2D eigenvalue weighted by atomic mass is 10.2. The molecule has 0 rings (SSSR count). The van der Waals surface area contributed by atoms with E-state index >= 15 is 0 Å². The number of unbranched alkanes of at least 4 members (excludes halogenated alkanes) is 1. The Bertz CT molecular complexity index is 155. The number of hydrogen-bond acceptors (Lipinski definition) is 2. The third kappa shape index (κ3) is 8.70. The van der Waals surface area contributed by atoms with Gasteiger partial charge in [0, 0.05) is 18.3 Å². The predicted octanol–water partition coefficient (Wildman–Crippen LogP) is 2.65. The van der Waals surface area contributed by atoms with E-state index in [4.69, 9.17) is 11.6 Å². The van der Waals surface area contributed by atoms with Crippen LogP contribution in [0.5, 0.6) is 0 Å². The molecule has 0 spiro atoms. The molecule has 4 heteroatoms. The lowest BCUT2D eigenvalue weighted by Crippen LogP contribution is -2.32. The molecule has 2 nitrogen and oxygen atoms in total. The van der Waals surface area contributed by atoms with E-state index in [2.05, 4.69) is 18.5 Å². The zero-order chi connectivity index (χ0) is 10.8. The number of thioether (sulfide) groups is 1. The SMILES string of the molecule is CSCCC(C)NC(=O)CCCCCl. The van der Waals surface area contributed by atoms with Crippen LogP contribution in [0.1, 0.15) is 32.6 Å². The molecule has 0 aliphatic heterocycles. The molecule has 0 bridgehead atoms. The van der Waals surface area contributed by atoms with Crippen molar-refractivity contribution in [3.63, 3.8) is 0 Å². The molecule has 0 saturated carbocycles. The van der Waals surface area contributed by atoms with Crippen molar-refractivity contribution in [3.8, 4) is 0 Å². The molecule has 0 aliphatic carbocycles. The monoisotopic (exact) mass is 237 g/mol. The van der Waals surface area contributed by atoms with Crippen LogP contribution in [-0.2, 0) is 4.79 Å². The topological polar surface area (TPSA) is 29.1 Å². The first-order valence-corrected chi connectivity index (χ1v) is 6.97. The van der Waals surface area contributed by atoms with Gasteiger partial charge in [0.05, 0.1) is 0 Å². The highest BCUT2D eigenvalue weighted by Crippen LogP contribution is 2.01. The first-order valence-electron chi connectivity index (χ1n) is 5.05. The van der Waals surface area contributed by atoms with E-state index in [1.807, 2.05) is 11.8 Å². The normalized spacial score (nSPS) is 12.5. The van der Waals surface area contributed by atoms with Gasteiger partial charge in [-0.2, -0.15) is 11.8 Å². The highest BCUT2D eigenvalue weighted by Gasteiger charge is 2.05. The lowest BCUT2D eigenvalue weighted by molar-refractivity contribution is -0.121. The second kappa shape index (κ2) is 9.66. The van der Waals surface area contributed by atoms with Crippen LogP contribution in [0.3, 0.4) is 0 Å². The van der Waals surface area contributed by atoms with Gasteiger partial charge in [-0.1, -0.05) is 0 Å². The van der Waals surface area contributed by atoms with Crippen LogP contribution < -0.4 is 5.32 Å². The number of carbonyl (C=O) groups is 1. The summed E-state index contributed by atoms with van der Waals surface area (Å²) in [4.78, 5) is 11.3. The highest BCUT2D eigenvalue weighted by atomic mass is 35.5. The standard InChI is InChI=1S/C10H20ClNOS/c1-9(6-8-14-2)12-10(13)5-3-4-7-11/h9H,3-8H2,1-2H3,(H,12,13). The molecular weight excluding hydrogens is 218 g/mol. The van der Waals surface area contributed by atoms with Gasteiger partial charge in [0.15, 0.2) is 0 Å². The van der Waals surface area contributed by atoms with Crippen LogP contribution in [-0.4, -0.2) is 29.8 Å². The van der Waals surface area contributed by atoms with Crippen molar-refractivity contribution in [2.24, 2.45) is 0 Å². The average molecular weight is 238 g/mol. The van der Waals surface area contributed by atoms with E-state index in [1.54, 1.807) is 0 Å². The Kier molecular flexibility index (Phi) is 9.73. The van der Waals surface area contributed by atoms with Gasteiger partial charge in [-0.25, -0.2) is 0 Å². The summed E-state index contributed by atoms with van der Waals surface area (Å²) >= 11 is 7.33. The van der Waals surface area contributed by atoms with Gasteiger partial charge in [-0.3, -0.25) is 4.79 Å². The van der Waals surface area contributed by atoms with E-state index in [0.29, 0.717) is 18.3 Å². The van der Waals surface area contributed by atoms with E-state index in [9.17, 15) is 4.79 Å². The van der Waals surface area contributed by atoms with Gasteiger partial charge < -0.3 is 5.32 Å². The summed E-state index contributed by atoms with van der Waals surface area (Å²) < 4.78 is 0. The zero-order valence-corrected chi connectivity index (χ0v) is 10.6. The molecule has 0 aromatic heterocycles. The summed E-state index contributed by atoms with van der Waals surface area (Å²) in [6.07, 6.45) is 5.55. The second-order valence-corrected chi connectivity index (χ2v) is 4.76. The van der Waals surface area contributed by atoms with Crippen LogP contribution in [0.15, 0.2) is 0 Å². The summed E-state index contributed by atoms with van der Waals surface area (Å²) in [6, 6.07) is 0.297. The molecular formula is C10H20ClNOS. The molecule has 0 aliphatic rings. The summed E-state index contributed by atoms with van der Waals surface area (Å²) in [5.41, 5.74) is 0. The number of rotatable bonds is 8. The van der Waals surface area contributed by atoms with Gasteiger partial charge in [-0.05, 0) is 38.2 Å². The van der Waals surface area contributed by atoms with Crippen LogP contribution in [0.2, 0.25) is 0 Å². The van der Waals surface area contributed by atoms with Crippen LogP contribution in [0.25, 0.3) is 0 Å². The van der Waals surface area contributed by atoms with E-state index in [0.717, 1.165) is 25.0 Å². The quantitative estimate of drug-likeness (QED) is 0.520. The van der Waals surface area contributed by atoms with Crippen molar-refractivity contribution >= 4 is 29.3 Å². The molecule has 14 heavy (non-hydrogen) atoms. The molecule has 1 atom stereocenters. The molecule has 0 fully saturated rings. The van der Waals surface area contributed by atoms with Crippen molar-refractivity contribution in [1.29, 1.82) is 0 Å². The molecule has 84 valence electrons. The minimum Gasteiger partial charge on any atom is -0.354 e. The average Bonchev–Trinajstić information content (AvgIpc) is 2.15. The summed E-state index contributed by atoms with van der Waals surface area (Å²) in [6.45, 7) is 2.05. The summed E-state index contributed by atoms with van der Waals surface area (Å²) in [5.74, 6) is 1.90. The van der Waals surface area contributed by atoms with E-state index < -0.39 is 0 Å². The smallest absolute Gasteiger partial charge is 0.220 e. The first kappa shape index (κ1) is 14.1. The highest BCUT2D eigenvalue weighted by molar-refractivity contribution is 7.98. The largest absolute Gasteiger partial charge is 0.354 e. The molecule has 0 saturated heterocycles. The van der Waals surface area contributed by atoms with Gasteiger partial charge in [0.25, 0.3) is 0 Å². The van der Waals surface area contributed by atoms with Crippen molar-refractivity contribution in [2.75, 3.05) is 17.9 Å².